The smallest absolute Gasteiger partial charge is 0.319 e. The number of amides is 2. The van der Waals surface area contributed by atoms with Crippen LogP contribution in [0.2, 0.25) is 0 Å². The predicted octanol–water partition coefficient (Wildman–Crippen LogP) is 1.84. The zero-order valence-corrected chi connectivity index (χ0v) is 29.0. The van der Waals surface area contributed by atoms with Crippen LogP contribution >= 0.6 is 0 Å². The van der Waals surface area contributed by atoms with E-state index in [1.54, 1.807) is 29.1 Å². The van der Waals surface area contributed by atoms with Crippen LogP contribution in [-0.2, 0) is 11.3 Å². The molecule has 8 rings (SSSR count). The molecule has 6 aromatic rings. The Morgan fingerprint density at radius 1 is 0.981 bits per heavy atom. The second-order valence-electron chi connectivity index (χ2n) is 13.1. The first-order valence-corrected chi connectivity index (χ1v) is 17.7. The molecule has 2 aliphatic heterocycles. The maximum absolute atomic E-state index is 12.8. The van der Waals surface area contributed by atoms with Crippen molar-refractivity contribution >= 4 is 34.6 Å². The molecule has 18 nitrogen and oxygen atoms in total. The Labute approximate surface area is 308 Å². The molecule has 6 heterocycles. The van der Waals surface area contributed by atoms with E-state index in [4.69, 9.17) is 14.7 Å². The molecule has 278 valence electrons. The van der Waals surface area contributed by atoms with Crippen molar-refractivity contribution in [1.29, 1.82) is 0 Å². The molecule has 0 bridgehead atoms. The minimum Gasteiger partial charge on any atom is -0.394 e. The van der Waals surface area contributed by atoms with E-state index in [1.807, 2.05) is 41.3 Å². The summed E-state index contributed by atoms with van der Waals surface area (Å²) >= 11 is 0. The molecule has 2 aromatic carbocycles. The number of carbonyl (C=O) groups is 1. The number of hydrogen-bond acceptors (Lipinski definition) is 14. The van der Waals surface area contributed by atoms with E-state index < -0.39 is 24.5 Å². The molecular formula is C36H39N13O5. The second kappa shape index (κ2) is 15.5. The van der Waals surface area contributed by atoms with Gasteiger partial charge in [0.05, 0.1) is 31.4 Å². The van der Waals surface area contributed by atoms with Gasteiger partial charge in [0, 0.05) is 37.8 Å². The molecule has 0 spiro atoms. The van der Waals surface area contributed by atoms with Crippen molar-refractivity contribution in [2.45, 2.75) is 49.5 Å². The summed E-state index contributed by atoms with van der Waals surface area (Å²) in [5, 5.41) is 53.0. The lowest BCUT2D eigenvalue weighted by molar-refractivity contribution is -0.0384. The van der Waals surface area contributed by atoms with Crippen molar-refractivity contribution in [3.8, 4) is 0 Å². The van der Waals surface area contributed by atoms with Gasteiger partial charge in [-0.2, -0.15) is 14.8 Å². The molecule has 0 radical (unpaired) electrons. The predicted molar refractivity (Wildman–Crippen MR) is 195 cm³/mol. The number of tetrazole rings is 1. The first-order valence-electron chi connectivity index (χ1n) is 17.7. The number of nitrogens with one attached hydrogen (secondary N) is 3. The highest BCUT2D eigenvalue weighted by atomic mass is 16.6. The maximum Gasteiger partial charge on any atom is 0.319 e. The Hall–Kier alpha value is -6.08. The van der Waals surface area contributed by atoms with Gasteiger partial charge in [-0.15, -0.1) is 10.2 Å². The fourth-order valence-corrected chi connectivity index (χ4v) is 6.86. The normalized spacial score (nSPS) is 21.2. The Balaban J connectivity index is 1.10. The van der Waals surface area contributed by atoms with Crippen LogP contribution < -0.4 is 20.9 Å². The molecule has 54 heavy (non-hydrogen) atoms. The van der Waals surface area contributed by atoms with E-state index in [2.05, 4.69) is 65.6 Å². The Morgan fingerprint density at radius 3 is 2.48 bits per heavy atom. The third-order valence-corrected chi connectivity index (χ3v) is 9.55. The van der Waals surface area contributed by atoms with Crippen molar-refractivity contribution < 1.29 is 24.9 Å². The lowest BCUT2D eigenvalue weighted by Crippen LogP contribution is -2.40. The average Bonchev–Trinajstić information content (AvgIpc) is 4.01. The van der Waals surface area contributed by atoms with E-state index in [-0.39, 0.29) is 37.0 Å². The van der Waals surface area contributed by atoms with E-state index in [9.17, 15) is 20.1 Å². The summed E-state index contributed by atoms with van der Waals surface area (Å²) in [6.07, 6.45) is 0.356. The molecule has 0 aliphatic carbocycles. The number of carbonyl (C=O) groups excluding carboxylic acids is 1. The molecule has 2 fully saturated rings. The third kappa shape index (κ3) is 7.27. The minimum absolute atomic E-state index is 0.0238. The number of aliphatic hydroxyl groups excluding tert-OH is 3. The number of aromatic nitrogens is 9. The molecule has 4 aromatic heterocycles. The van der Waals surface area contributed by atoms with Crippen LogP contribution in [0.25, 0.3) is 11.2 Å². The summed E-state index contributed by atoms with van der Waals surface area (Å²) in [6, 6.07) is 23.4. The Kier molecular flexibility index (Phi) is 10.0. The molecule has 0 saturated carbocycles. The SMILES string of the molecule is O=C(Nc1cccnc1)N[C@@H]1CCN(c2nc(NCC(c3ccccc3)c3ccccc3)c3ncn([C@@H]4O[C@H](c5nnn(CCO)n5)[C@@H](O)[C@H]4O)c3n2)C1. The number of rotatable bonds is 12. The summed E-state index contributed by atoms with van der Waals surface area (Å²) in [6.45, 7) is 1.39. The van der Waals surface area contributed by atoms with E-state index in [0.717, 1.165) is 11.1 Å². The van der Waals surface area contributed by atoms with Gasteiger partial charge in [0.1, 0.15) is 12.2 Å². The first kappa shape index (κ1) is 35.0. The summed E-state index contributed by atoms with van der Waals surface area (Å²) < 4.78 is 7.74. The number of nitrogens with zero attached hydrogens (tertiary/aromatic N) is 10. The number of benzene rings is 2. The third-order valence-electron chi connectivity index (χ3n) is 9.55. The molecule has 5 atom stereocenters. The molecular weight excluding hydrogens is 694 g/mol. The minimum atomic E-state index is -1.40. The molecule has 2 saturated heterocycles. The number of urea groups is 1. The van der Waals surface area contributed by atoms with Crippen LogP contribution in [0.3, 0.4) is 0 Å². The number of imidazole rings is 1. The molecule has 0 unspecified atom stereocenters. The van der Waals surface area contributed by atoms with Gasteiger partial charge in [-0.1, -0.05) is 60.7 Å². The molecule has 2 aliphatic rings. The van der Waals surface area contributed by atoms with Gasteiger partial charge in [0.15, 0.2) is 29.3 Å². The number of fused-ring (bicyclic) bond motifs is 1. The maximum atomic E-state index is 12.8. The zero-order valence-electron chi connectivity index (χ0n) is 29.0. The highest BCUT2D eigenvalue weighted by molar-refractivity contribution is 5.89. The number of anilines is 3. The highest BCUT2D eigenvalue weighted by Gasteiger charge is 2.47. The fourth-order valence-electron chi connectivity index (χ4n) is 6.86. The quantitative estimate of drug-likeness (QED) is 0.106. The molecule has 18 heteroatoms. The lowest BCUT2D eigenvalue weighted by Gasteiger charge is -2.22. The first-order chi connectivity index (χ1) is 26.4. The van der Waals surface area contributed by atoms with E-state index >= 15 is 0 Å². The fraction of sp³-hybridized carbons (Fsp3) is 0.333. The van der Waals surface area contributed by atoms with Crippen LogP contribution in [0, 0.1) is 0 Å². The van der Waals surface area contributed by atoms with Gasteiger partial charge < -0.3 is 40.9 Å². The van der Waals surface area contributed by atoms with Crippen LogP contribution in [-0.4, -0.2) is 111 Å². The van der Waals surface area contributed by atoms with Gasteiger partial charge in [-0.05, 0) is 34.9 Å². The van der Waals surface area contributed by atoms with Gasteiger partial charge in [0.25, 0.3) is 0 Å². The standard InChI is InChI=1S/C36H39N13O5/c50-17-16-49-45-32(44-46-49)30-28(51)29(52)34(54-30)48-21-39-27-31(38-19-26(22-8-3-1-4-9-22)23-10-5-2-6-11-23)42-35(43-33(27)48)47-15-13-25(20-47)41-36(53)40-24-12-7-14-37-18-24/h1-12,14,18,21,25-26,28-30,34,50-52H,13,15-17,19-20H2,(H,38,42,43)(H2,40,41,53)/t25-,28+,29-,30+,34-/m1/s1. The largest absolute Gasteiger partial charge is 0.394 e. The Bertz CT molecular complexity index is 2130. The monoisotopic (exact) mass is 733 g/mol. The number of ether oxygens (including phenoxy) is 1. The van der Waals surface area contributed by atoms with Crippen molar-refractivity contribution in [2.75, 3.05) is 41.8 Å². The van der Waals surface area contributed by atoms with Crippen molar-refractivity contribution in [3.63, 3.8) is 0 Å². The molecule has 2 amide bonds. The summed E-state index contributed by atoms with van der Waals surface area (Å²) in [4.78, 5) is 34.6. The number of pyridine rings is 1. The summed E-state index contributed by atoms with van der Waals surface area (Å²) in [5.74, 6) is 0.896. The van der Waals surface area contributed by atoms with Crippen molar-refractivity contribution in [2.24, 2.45) is 0 Å². The summed E-state index contributed by atoms with van der Waals surface area (Å²) in [5.41, 5.74) is 3.62. The molecule has 6 N–H and O–H groups in total. The van der Waals surface area contributed by atoms with Crippen molar-refractivity contribution in [1.82, 2.24) is 50.0 Å². The lowest BCUT2D eigenvalue weighted by atomic mass is 9.91. The average molecular weight is 734 g/mol. The number of hydrogen-bond donors (Lipinski definition) is 6. The van der Waals surface area contributed by atoms with Gasteiger partial charge >= 0.3 is 6.03 Å². The Morgan fingerprint density at radius 2 is 1.76 bits per heavy atom. The second-order valence-corrected chi connectivity index (χ2v) is 13.1. The van der Waals surface area contributed by atoms with Crippen LogP contribution in [0.1, 0.15) is 41.6 Å². The highest BCUT2D eigenvalue weighted by Crippen LogP contribution is 2.39. The zero-order chi connectivity index (χ0) is 37.0. The van der Waals surface area contributed by atoms with Crippen LogP contribution in [0.15, 0.2) is 91.5 Å². The van der Waals surface area contributed by atoms with Crippen LogP contribution in [0.4, 0.5) is 22.2 Å². The van der Waals surface area contributed by atoms with Crippen LogP contribution in [0.5, 0.6) is 0 Å². The van der Waals surface area contributed by atoms with E-state index in [0.29, 0.717) is 54.7 Å². The van der Waals surface area contributed by atoms with Gasteiger partial charge in [-0.25, -0.2) is 9.78 Å². The van der Waals surface area contributed by atoms with Gasteiger partial charge in [0.2, 0.25) is 11.8 Å². The van der Waals surface area contributed by atoms with E-state index in [1.165, 1.54) is 11.1 Å². The topological polar surface area (TPSA) is 226 Å². The van der Waals surface area contributed by atoms with Crippen molar-refractivity contribution in [3.05, 3.63) is 108 Å². The summed E-state index contributed by atoms with van der Waals surface area (Å²) in [7, 11) is 0. The number of aliphatic hydroxyl groups is 3. The van der Waals surface area contributed by atoms with Gasteiger partial charge in [-0.3, -0.25) is 9.55 Å².